The molecule has 27 heavy (non-hydrogen) atoms. The number of oxazole rings is 1. The molecule has 148 valence electrons. The van der Waals surface area contributed by atoms with Gasteiger partial charge in [0.15, 0.2) is 17.3 Å². The summed E-state index contributed by atoms with van der Waals surface area (Å²) in [6, 6.07) is 8.04. The molecular formula is C16H12ClF6NO3. The van der Waals surface area contributed by atoms with Crippen molar-refractivity contribution in [2.24, 2.45) is 0 Å². The molecule has 4 nitrogen and oxygen atoms in total. The van der Waals surface area contributed by atoms with Crippen molar-refractivity contribution < 1.29 is 40.3 Å². The molecule has 2 rings (SSSR count). The van der Waals surface area contributed by atoms with Crippen LogP contribution in [-0.2, 0) is 16.3 Å². The van der Waals surface area contributed by atoms with Crippen molar-refractivity contribution in [3.05, 3.63) is 53.2 Å². The topological polar surface area (TPSA) is 52.3 Å². The summed E-state index contributed by atoms with van der Waals surface area (Å²) in [6.45, 7) is 1.08. The Hall–Kier alpha value is -2.23. The molecule has 2 aromatic rings. The molecule has 0 spiro atoms. The number of aromatic nitrogens is 1. The largest absolute Gasteiger partial charge is 0.461 e. The van der Waals surface area contributed by atoms with Crippen molar-refractivity contribution >= 4 is 17.6 Å². The van der Waals surface area contributed by atoms with E-state index in [0.717, 1.165) is 0 Å². The fraction of sp³-hybridized carbons (Fsp3) is 0.375. The normalized spacial score (nSPS) is 14.7. The minimum Gasteiger partial charge on any atom is -0.461 e. The monoisotopic (exact) mass is 415 g/mol. The van der Waals surface area contributed by atoms with Gasteiger partial charge in [0.2, 0.25) is 0 Å². The lowest BCUT2D eigenvalue weighted by molar-refractivity contribution is -0.316. The van der Waals surface area contributed by atoms with Crippen LogP contribution in [0, 0.1) is 0 Å². The highest BCUT2D eigenvalue weighted by atomic mass is 35.5. The minimum absolute atomic E-state index is 0.211. The summed E-state index contributed by atoms with van der Waals surface area (Å²) in [5.74, 6) is -9.77. The molecular weight excluding hydrogens is 404 g/mol. The number of hydrogen-bond acceptors (Lipinski definition) is 4. The van der Waals surface area contributed by atoms with Gasteiger partial charge in [-0.25, -0.2) is 14.2 Å². The van der Waals surface area contributed by atoms with Crippen molar-refractivity contribution in [1.29, 1.82) is 0 Å². The number of esters is 1. The highest BCUT2D eigenvalue weighted by Crippen LogP contribution is 2.54. The Morgan fingerprint density at radius 1 is 1.15 bits per heavy atom. The molecule has 0 N–H and O–H groups in total. The van der Waals surface area contributed by atoms with Crippen LogP contribution in [0.1, 0.15) is 34.6 Å². The van der Waals surface area contributed by atoms with Gasteiger partial charge in [-0.3, -0.25) is 0 Å². The first-order valence-electron chi connectivity index (χ1n) is 7.45. The van der Waals surface area contributed by atoms with Crippen molar-refractivity contribution in [3.8, 4) is 0 Å². The number of benzene rings is 1. The number of alkyl halides is 7. The van der Waals surface area contributed by atoms with Gasteiger partial charge in [0.25, 0.3) is 0 Å². The Morgan fingerprint density at radius 2 is 1.74 bits per heavy atom. The van der Waals surface area contributed by atoms with Crippen LogP contribution in [0.5, 0.6) is 0 Å². The Bertz CT molecular complexity index is 804. The number of carbonyl (C=O) groups excluding carboxylic acids is 1. The van der Waals surface area contributed by atoms with Crippen LogP contribution >= 0.6 is 11.6 Å². The third kappa shape index (κ3) is 4.05. The highest BCUT2D eigenvalue weighted by Gasteiger charge is 2.74. The van der Waals surface area contributed by atoms with E-state index in [2.05, 4.69) is 9.72 Å². The average molecular weight is 416 g/mol. The number of carbonyl (C=O) groups is 1. The smallest absolute Gasteiger partial charge is 0.458 e. The third-order valence-corrected chi connectivity index (χ3v) is 3.78. The number of rotatable bonds is 6. The van der Waals surface area contributed by atoms with E-state index in [4.69, 9.17) is 16.0 Å². The molecule has 0 saturated carbocycles. The quantitative estimate of drug-likeness (QED) is 0.378. The molecule has 0 aliphatic carbocycles. The van der Waals surface area contributed by atoms with E-state index in [-0.39, 0.29) is 13.0 Å². The molecule has 0 aliphatic heterocycles. The zero-order valence-electron chi connectivity index (χ0n) is 13.6. The first-order valence-corrected chi connectivity index (χ1v) is 7.83. The van der Waals surface area contributed by atoms with Crippen LogP contribution in [0.25, 0.3) is 0 Å². The lowest BCUT2D eigenvalue weighted by Gasteiger charge is -2.28. The maximum atomic E-state index is 14.5. The summed E-state index contributed by atoms with van der Waals surface area (Å²) >= 11 is 4.93. The third-order valence-electron chi connectivity index (χ3n) is 3.37. The molecule has 1 atom stereocenters. The molecule has 0 aliphatic rings. The Labute approximate surface area is 154 Å². The summed E-state index contributed by atoms with van der Waals surface area (Å²) in [6.07, 6.45) is -6.56. The van der Waals surface area contributed by atoms with Crippen molar-refractivity contribution in [1.82, 2.24) is 4.98 Å². The van der Waals surface area contributed by atoms with Gasteiger partial charge in [0.1, 0.15) is 0 Å². The number of hydrogen-bond donors (Lipinski definition) is 0. The van der Waals surface area contributed by atoms with Gasteiger partial charge < -0.3 is 9.15 Å². The van der Waals surface area contributed by atoms with Crippen molar-refractivity contribution in [3.63, 3.8) is 0 Å². The predicted molar refractivity (Wildman–Crippen MR) is 81.3 cm³/mol. The van der Waals surface area contributed by atoms with E-state index in [1.807, 2.05) is 0 Å². The Kier molecular flexibility index (Phi) is 5.79. The van der Waals surface area contributed by atoms with E-state index in [0.29, 0.717) is 5.56 Å². The van der Waals surface area contributed by atoms with E-state index >= 15 is 0 Å². The average Bonchev–Trinajstić information content (AvgIpc) is 2.99. The van der Waals surface area contributed by atoms with Crippen molar-refractivity contribution in [2.75, 3.05) is 6.61 Å². The second-order valence-corrected chi connectivity index (χ2v) is 5.84. The number of ether oxygens (including phenoxy) is 1. The summed E-state index contributed by atoms with van der Waals surface area (Å²) in [7, 11) is 0. The Morgan fingerprint density at radius 3 is 2.26 bits per heavy atom. The van der Waals surface area contributed by atoms with E-state index in [1.54, 1.807) is 30.3 Å². The lowest BCUT2D eigenvalue weighted by atomic mass is 10.1. The molecule has 0 amide bonds. The summed E-state index contributed by atoms with van der Waals surface area (Å²) in [5, 5.41) is -4.91. The fourth-order valence-corrected chi connectivity index (χ4v) is 2.32. The van der Waals surface area contributed by atoms with Gasteiger partial charge in [-0.2, -0.15) is 22.0 Å². The molecule has 0 radical (unpaired) electrons. The molecule has 1 aromatic carbocycles. The molecule has 0 saturated heterocycles. The van der Waals surface area contributed by atoms with Gasteiger partial charge in [-0.05, 0) is 12.5 Å². The molecule has 0 bridgehead atoms. The lowest BCUT2D eigenvalue weighted by Crippen LogP contribution is -2.49. The molecule has 1 heterocycles. The first-order chi connectivity index (χ1) is 12.4. The van der Waals surface area contributed by atoms with Gasteiger partial charge >= 0.3 is 23.2 Å². The van der Waals surface area contributed by atoms with Crippen molar-refractivity contribution in [2.45, 2.75) is 30.6 Å². The summed E-state index contributed by atoms with van der Waals surface area (Å²) in [5.41, 5.74) is -0.675. The highest BCUT2D eigenvalue weighted by molar-refractivity contribution is 6.24. The van der Waals surface area contributed by atoms with Gasteiger partial charge in [0.05, 0.1) is 6.61 Å². The van der Waals surface area contributed by atoms with Crippen LogP contribution in [0.3, 0.4) is 0 Å². The Balaban J connectivity index is 2.54. The second kappa shape index (κ2) is 7.41. The first kappa shape index (κ1) is 21.1. The number of halogens is 7. The zero-order valence-corrected chi connectivity index (χ0v) is 14.4. The summed E-state index contributed by atoms with van der Waals surface area (Å²) in [4.78, 5) is 15.4. The van der Waals surface area contributed by atoms with Gasteiger partial charge in [0, 0.05) is 6.42 Å². The molecule has 1 unspecified atom stereocenters. The second-order valence-electron chi connectivity index (χ2n) is 5.31. The van der Waals surface area contributed by atoms with Crippen LogP contribution in [0.15, 0.2) is 34.7 Å². The molecule has 1 aromatic heterocycles. The molecule has 11 heteroatoms. The van der Waals surface area contributed by atoms with E-state index in [9.17, 15) is 31.1 Å². The zero-order chi connectivity index (χ0) is 20.5. The predicted octanol–water partition coefficient (Wildman–Crippen LogP) is 5.00. The van der Waals surface area contributed by atoms with Crippen LogP contribution < -0.4 is 0 Å². The maximum absolute atomic E-state index is 14.5. The summed E-state index contributed by atoms with van der Waals surface area (Å²) < 4.78 is 88.7. The van der Waals surface area contributed by atoms with Crippen LogP contribution in [0.2, 0.25) is 0 Å². The van der Waals surface area contributed by atoms with Crippen LogP contribution in [-0.4, -0.2) is 29.7 Å². The van der Waals surface area contributed by atoms with Gasteiger partial charge in [-0.1, -0.05) is 41.9 Å². The van der Waals surface area contributed by atoms with Crippen LogP contribution in [0.4, 0.5) is 26.3 Å². The van der Waals surface area contributed by atoms with Gasteiger partial charge in [-0.15, -0.1) is 0 Å². The fourth-order valence-electron chi connectivity index (χ4n) is 2.08. The SMILES string of the molecule is CCOC(=O)c1nc(Cc2ccccc2)oc1C(F)(Cl)C(F)(F)C(F)(F)F. The van der Waals surface area contributed by atoms with E-state index in [1.165, 1.54) is 6.92 Å². The standard InChI is InChI=1S/C16H12ClF6NO3/c1-2-26-13(25)11-12(14(17,18)15(19,20)16(21,22)23)27-10(24-11)8-9-6-4-3-5-7-9/h3-7H,2,8H2,1H3. The maximum Gasteiger partial charge on any atom is 0.458 e. The van der Waals surface area contributed by atoms with E-state index < -0.39 is 40.5 Å². The number of nitrogens with zero attached hydrogens (tertiary/aromatic N) is 1. The molecule has 0 fully saturated rings. The minimum atomic E-state index is -6.35.